The van der Waals surface area contributed by atoms with E-state index in [0.717, 1.165) is 13.0 Å². The minimum absolute atomic E-state index is 0.496. The van der Waals surface area contributed by atoms with Gasteiger partial charge in [0.2, 0.25) is 0 Å². The summed E-state index contributed by atoms with van der Waals surface area (Å²) < 4.78 is 0. The van der Waals surface area contributed by atoms with Gasteiger partial charge >= 0.3 is 0 Å². The third-order valence-corrected chi connectivity index (χ3v) is 3.74. The van der Waals surface area contributed by atoms with Crippen molar-refractivity contribution in [1.29, 1.82) is 0 Å². The molecule has 0 fully saturated rings. The highest BCUT2D eigenvalue weighted by atomic mass is 32.2. The first kappa shape index (κ1) is 10.6. The number of thioether (sulfide) groups is 1. The van der Waals surface area contributed by atoms with E-state index >= 15 is 0 Å². The highest BCUT2D eigenvalue weighted by molar-refractivity contribution is 7.99. The predicted molar refractivity (Wildman–Crippen MR) is 66.0 cm³/mol. The van der Waals surface area contributed by atoms with Crippen LogP contribution < -0.4 is 5.32 Å². The van der Waals surface area contributed by atoms with Gasteiger partial charge in [0.05, 0.1) is 0 Å². The van der Waals surface area contributed by atoms with Crippen LogP contribution in [0.3, 0.4) is 0 Å². The summed E-state index contributed by atoms with van der Waals surface area (Å²) in [6.07, 6.45) is 7.26. The van der Waals surface area contributed by atoms with Crippen molar-refractivity contribution < 1.29 is 0 Å². The maximum Gasteiger partial charge on any atom is 0.0339 e. The van der Waals surface area contributed by atoms with Crippen molar-refractivity contribution in [2.24, 2.45) is 0 Å². The van der Waals surface area contributed by atoms with Crippen molar-refractivity contribution in [1.82, 2.24) is 5.32 Å². The molecule has 2 heteroatoms. The number of terminal acetylenes is 1. The lowest BCUT2D eigenvalue weighted by molar-refractivity contribution is 0.518. The average molecular weight is 217 g/mol. The second-order valence-corrected chi connectivity index (χ2v) is 4.77. The Morgan fingerprint density at radius 1 is 1.47 bits per heavy atom. The van der Waals surface area contributed by atoms with E-state index < -0.39 is 0 Å². The van der Waals surface area contributed by atoms with Gasteiger partial charge in [-0.25, -0.2) is 0 Å². The molecule has 0 spiro atoms. The van der Waals surface area contributed by atoms with Gasteiger partial charge in [-0.15, -0.1) is 24.1 Å². The van der Waals surface area contributed by atoms with Crippen LogP contribution in [-0.2, 0) is 0 Å². The quantitative estimate of drug-likeness (QED) is 0.617. The van der Waals surface area contributed by atoms with Crippen molar-refractivity contribution in [3.8, 4) is 12.3 Å². The highest BCUT2D eigenvalue weighted by Crippen LogP contribution is 2.35. The molecule has 0 saturated heterocycles. The van der Waals surface area contributed by atoms with Gasteiger partial charge < -0.3 is 5.32 Å². The zero-order chi connectivity index (χ0) is 10.5. The van der Waals surface area contributed by atoms with Crippen molar-refractivity contribution in [3.05, 3.63) is 29.8 Å². The Morgan fingerprint density at radius 2 is 2.33 bits per heavy atom. The highest BCUT2D eigenvalue weighted by Gasteiger charge is 2.18. The number of hydrogen-bond donors (Lipinski definition) is 1. The lowest BCUT2D eigenvalue weighted by atomic mass is 10.0. The smallest absolute Gasteiger partial charge is 0.0339 e. The summed E-state index contributed by atoms with van der Waals surface area (Å²) in [4.78, 5) is 1.42. The van der Waals surface area contributed by atoms with Gasteiger partial charge in [0, 0.05) is 23.9 Å². The number of fused-ring (bicyclic) bond motifs is 1. The molecule has 1 aliphatic heterocycles. The SMILES string of the molecule is C#CCCNC1CCSc2ccccc21. The summed E-state index contributed by atoms with van der Waals surface area (Å²) in [6.45, 7) is 0.917. The lowest BCUT2D eigenvalue weighted by Crippen LogP contribution is -2.25. The van der Waals surface area contributed by atoms with Gasteiger partial charge in [0.25, 0.3) is 0 Å². The molecule has 0 amide bonds. The molecular weight excluding hydrogens is 202 g/mol. The first-order chi connectivity index (χ1) is 7.42. The third kappa shape index (κ3) is 2.56. The van der Waals surface area contributed by atoms with E-state index in [-0.39, 0.29) is 0 Å². The summed E-state index contributed by atoms with van der Waals surface area (Å²) in [5, 5.41) is 3.52. The molecule has 1 aromatic carbocycles. The zero-order valence-corrected chi connectivity index (χ0v) is 9.52. The lowest BCUT2D eigenvalue weighted by Gasteiger charge is -2.25. The molecule has 2 rings (SSSR count). The van der Waals surface area contributed by atoms with E-state index in [1.165, 1.54) is 22.6 Å². The number of rotatable bonds is 3. The van der Waals surface area contributed by atoms with Gasteiger partial charge in [-0.2, -0.15) is 0 Å². The largest absolute Gasteiger partial charge is 0.309 e. The van der Waals surface area contributed by atoms with Crippen LogP contribution in [0, 0.1) is 12.3 Å². The molecule has 1 atom stereocenters. The fraction of sp³-hybridized carbons (Fsp3) is 0.385. The van der Waals surface area contributed by atoms with E-state index in [9.17, 15) is 0 Å². The fourth-order valence-corrected chi connectivity index (χ4v) is 3.00. The van der Waals surface area contributed by atoms with Crippen molar-refractivity contribution >= 4 is 11.8 Å². The topological polar surface area (TPSA) is 12.0 Å². The monoisotopic (exact) mass is 217 g/mol. The van der Waals surface area contributed by atoms with Crippen LogP contribution in [-0.4, -0.2) is 12.3 Å². The molecule has 1 aliphatic rings. The van der Waals surface area contributed by atoms with Gasteiger partial charge in [0.15, 0.2) is 0 Å². The fourth-order valence-electron chi connectivity index (χ4n) is 1.87. The Balaban J connectivity index is 2.06. The van der Waals surface area contributed by atoms with Crippen molar-refractivity contribution in [2.45, 2.75) is 23.8 Å². The Bertz CT molecular complexity index is 367. The van der Waals surface area contributed by atoms with Crippen LogP contribution >= 0.6 is 11.8 Å². The van der Waals surface area contributed by atoms with Crippen LogP contribution in [0.5, 0.6) is 0 Å². The number of nitrogens with one attached hydrogen (secondary N) is 1. The molecular formula is C13H15NS. The molecule has 1 aromatic rings. The van der Waals surface area contributed by atoms with E-state index in [1.54, 1.807) is 0 Å². The Labute approximate surface area is 95.7 Å². The Morgan fingerprint density at radius 3 is 3.20 bits per heavy atom. The van der Waals surface area contributed by atoms with Crippen LogP contribution in [0.25, 0.3) is 0 Å². The molecule has 0 radical (unpaired) electrons. The molecule has 0 bridgehead atoms. The normalized spacial score (nSPS) is 19.3. The third-order valence-electron chi connectivity index (χ3n) is 2.62. The zero-order valence-electron chi connectivity index (χ0n) is 8.70. The summed E-state index contributed by atoms with van der Waals surface area (Å²) in [5.41, 5.74) is 1.44. The Kier molecular flexibility index (Phi) is 3.71. The number of hydrogen-bond acceptors (Lipinski definition) is 2. The minimum Gasteiger partial charge on any atom is -0.309 e. The first-order valence-electron chi connectivity index (χ1n) is 5.30. The molecule has 0 saturated carbocycles. The summed E-state index contributed by atoms with van der Waals surface area (Å²) in [7, 11) is 0. The molecule has 0 aromatic heterocycles. The van der Waals surface area contributed by atoms with Gasteiger partial charge in [0.1, 0.15) is 0 Å². The van der Waals surface area contributed by atoms with Crippen LogP contribution in [0.4, 0.5) is 0 Å². The standard InChI is InChI=1S/C13H15NS/c1-2-3-9-14-12-8-10-15-13-7-5-4-6-11(12)13/h1,4-7,12,14H,3,8-10H2. The maximum atomic E-state index is 5.24. The van der Waals surface area contributed by atoms with Gasteiger partial charge in [-0.1, -0.05) is 18.2 Å². The van der Waals surface area contributed by atoms with Gasteiger partial charge in [-0.3, -0.25) is 0 Å². The molecule has 1 N–H and O–H groups in total. The number of benzene rings is 1. The summed E-state index contributed by atoms with van der Waals surface area (Å²) in [6, 6.07) is 9.14. The second kappa shape index (κ2) is 5.25. The minimum atomic E-state index is 0.496. The Hall–Kier alpha value is -0.910. The molecule has 1 heterocycles. The van der Waals surface area contributed by atoms with E-state index in [4.69, 9.17) is 6.42 Å². The second-order valence-electron chi connectivity index (χ2n) is 3.64. The molecule has 15 heavy (non-hydrogen) atoms. The maximum absolute atomic E-state index is 5.24. The van der Waals surface area contributed by atoms with Crippen molar-refractivity contribution in [3.63, 3.8) is 0 Å². The van der Waals surface area contributed by atoms with E-state index in [2.05, 4.69) is 35.5 Å². The van der Waals surface area contributed by atoms with Crippen LogP contribution in [0.1, 0.15) is 24.4 Å². The van der Waals surface area contributed by atoms with Gasteiger partial charge in [-0.05, 0) is 23.8 Å². The molecule has 1 nitrogen and oxygen atoms in total. The van der Waals surface area contributed by atoms with Crippen LogP contribution in [0.2, 0.25) is 0 Å². The van der Waals surface area contributed by atoms with Crippen LogP contribution in [0.15, 0.2) is 29.2 Å². The molecule has 0 aliphatic carbocycles. The summed E-state index contributed by atoms with van der Waals surface area (Å²) >= 11 is 1.95. The first-order valence-corrected chi connectivity index (χ1v) is 6.29. The molecule has 78 valence electrons. The van der Waals surface area contributed by atoms with Crippen molar-refractivity contribution in [2.75, 3.05) is 12.3 Å². The molecule has 1 unspecified atom stereocenters. The average Bonchev–Trinajstić information content (AvgIpc) is 2.30. The summed E-state index contributed by atoms with van der Waals surface area (Å²) in [5.74, 6) is 3.86. The van der Waals surface area contributed by atoms with E-state index in [1.807, 2.05) is 11.8 Å². The van der Waals surface area contributed by atoms with E-state index in [0.29, 0.717) is 6.04 Å². The predicted octanol–water partition coefficient (Wildman–Crippen LogP) is 2.84.